The van der Waals surface area contributed by atoms with E-state index in [1.807, 2.05) is 25.1 Å². The van der Waals surface area contributed by atoms with Crippen LogP contribution in [0.2, 0.25) is 0 Å². The van der Waals surface area contributed by atoms with E-state index < -0.39 is 5.82 Å². The van der Waals surface area contributed by atoms with Crippen molar-refractivity contribution >= 4 is 23.0 Å². The Bertz CT molecular complexity index is 887. The average Bonchev–Trinajstić information content (AvgIpc) is 2.66. The predicted molar refractivity (Wildman–Crippen MR) is 100 cm³/mol. The molecule has 1 aromatic heterocycles. The quantitative estimate of drug-likeness (QED) is 0.541. The molecule has 0 aliphatic carbocycles. The second-order valence-corrected chi connectivity index (χ2v) is 5.39. The van der Waals surface area contributed by atoms with E-state index in [2.05, 4.69) is 15.5 Å². The molecule has 0 aliphatic rings. The number of methoxy groups -OCH3 is 1. The zero-order valence-corrected chi connectivity index (χ0v) is 14.7. The molecular weight excluding hydrogens is 335 g/mol. The minimum atomic E-state index is -0.418. The summed E-state index contributed by atoms with van der Waals surface area (Å²) in [6, 6.07) is 10.3. The van der Waals surface area contributed by atoms with Crippen molar-refractivity contribution in [2.24, 2.45) is 0 Å². The van der Waals surface area contributed by atoms with Crippen LogP contribution in [-0.2, 0) is 4.79 Å². The summed E-state index contributed by atoms with van der Waals surface area (Å²) < 4.78 is 19.0. The maximum Gasteiger partial charge on any atom is 0.207 e. The molecular formula is C19H21FN4O2. The van der Waals surface area contributed by atoms with Gasteiger partial charge < -0.3 is 15.8 Å². The molecule has 2 aromatic carbocycles. The number of ether oxygens (including phenoxy) is 1. The lowest BCUT2D eigenvalue weighted by Gasteiger charge is -2.11. The van der Waals surface area contributed by atoms with Gasteiger partial charge in [-0.05, 0) is 12.5 Å². The number of hydrogen-bond donors (Lipinski definition) is 2. The van der Waals surface area contributed by atoms with Gasteiger partial charge in [-0.1, -0.05) is 37.3 Å². The maximum absolute atomic E-state index is 13.8. The van der Waals surface area contributed by atoms with Crippen LogP contribution in [0.4, 0.5) is 10.1 Å². The number of rotatable bonds is 5. The van der Waals surface area contributed by atoms with Gasteiger partial charge in [0.05, 0.1) is 19.0 Å². The Labute approximate surface area is 151 Å². The number of carbonyl (C=O) groups is 1. The van der Waals surface area contributed by atoms with E-state index in [4.69, 9.17) is 10.5 Å². The number of halogens is 1. The van der Waals surface area contributed by atoms with E-state index in [-0.39, 0.29) is 5.75 Å². The van der Waals surface area contributed by atoms with Gasteiger partial charge in [0.15, 0.2) is 11.6 Å². The molecule has 0 bridgehead atoms. The van der Waals surface area contributed by atoms with Gasteiger partial charge >= 0.3 is 0 Å². The zero-order valence-electron chi connectivity index (χ0n) is 14.7. The van der Waals surface area contributed by atoms with Gasteiger partial charge in [0, 0.05) is 23.1 Å². The van der Waals surface area contributed by atoms with Crippen LogP contribution in [0.25, 0.3) is 22.0 Å². The molecule has 0 radical (unpaired) electrons. The van der Waals surface area contributed by atoms with Crippen molar-refractivity contribution in [2.75, 3.05) is 19.4 Å². The van der Waals surface area contributed by atoms with Gasteiger partial charge in [-0.3, -0.25) is 4.79 Å². The molecule has 26 heavy (non-hydrogen) atoms. The average molecular weight is 356 g/mol. The summed E-state index contributed by atoms with van der Waals surface area (Å²) in [6.07, 6.45) is 3.22. The molecule has 3 aromatic rings. The van der Waals surface area contributed by atoms with Crippen LogP contribution in [0.15, 0.2) is 42.6 Å². The number of hydrogen-bond acceptors (Lipinski definition) is 5. The lowest BCUT2D eigenvalue weighted by Crippen LogP contribution is -2.10. The van der Waals surface area contributed by atoms with Crippen LogP contribution in [0.5, 0.6) is 5.75 Å². The van der Waals surface area contributed by atoms with E-state index in [9.17, 15) is 9.18 Å². The second-order valence-electron chi connectivity index (χ2n) is 5.39. The van der Waals surface area contributed by atoms with Crippen LogP contribution in [-0.4, -0.2) is 30.3 Å². The largest absolute Gasteiger partial charge is 0.493 e. The first-order valence-corrected chi connectivity index (χ1v) is 8.13. The van der Waals surface area contributed by atoms with Crippen molar-refractivity contribution in [3.8, 4) is 16.9 Å². The van der Waals surface area contributed by atoms with Gasteiger partial charge in [0.25, 0.3) is 0 Å². The number of carbonyl (C=O) groups excluding carboxylic acids is 1. The lowest BCUT2D eigenvalue weighted by molar-refractivity contribution is -0.109. The molecule has 136 valence electrons. The molecule has 1 heterocycles. The Morgan fingerprint density at radius 1 is 1.23 bits per heavy atom. The van der Waals surface area contributed by atoms with E-state index in [0.29, 0.717) is 23.2 Å². The monoisotopic (exact) mass is 356 g/mol. The number of amides is 1. The summed E-state index contributed by atoms with van der Waals surface area (Å²) in [7, 11) is 1.44. The molecule has 3 N–H and O–H groups in total. The van der Waals surface area contributed by atoms with E-state index in [1.54, 1.807) is 12.1 Å². The molecule has 6 nitrogen and oxygen atoms in total. The van der Waals surface area contributed by atoms with E-state index in [0.717, 1.165) is 23.9 Å². The van der Waals surface area contributed by atoms with Gasteiger partial charge in [0.1, 0.15) is 5.52 Å². The number of nitrogens with zero attached hydrogens (tertiary/aromatic N) is 2. The highest BCUT2D eigenvalue weighted by Gasteiger charge is 2.14. The highest BCUT2D eigenvalue weighted by Crippen LogP contribution is 2.36. The van der Waals surface area contributed by atoms with Crippen molar-refractivity contribution in [1.82, 2.24) is 15.5 Å². The fourth-order valence-corrected chi connectivity index (χ4v) is 2.45. The highest BCUT2D eigenvalue weighted by molar-refractivity contribution is 6.00. The number of fused-ring (bicyclic) bond motifs is 1. The van der Waals surface area contributed by atoms with E-state index in [1.165, 1.54) is 19.4 Å². The zero-order chi connectivity index (χ0) is 18.9. The third kappa shape index (κ3) is 4.24. The Hall–Kier alpha value is -3.22. The van der Waals surface area contributed by atoms with Crippen molar-refractivity contribution < 1.29 is 13.9 Å². The van der Waals surface area contributed by atoms with E-state index >= 15 is 0 Å². The van der Waals surface area contributed by atoms with Gasteiger partial charge in [0.2, 0.25) is 6.41 Å². The SMILES string of the molecule is CCCNC=O.COc1c(F)cccc1-c1cccc2c(N)cnnc12. The standard InChI is InChI=1S/C15H12FN3O.C4H9NO/c1-20-15-10(5-3-7-12(15)16)9-4-2-6-11-13(17)8-18-19-14(9)11;1-2-3-5-4-6/h2-8H,1H3,(H2,17,19);4H,2-3H2,1H3,(H,5,6). The fraction of sp³-hybridized carbons (Fsp3) is 0.211. The smallest absolute Gasteiger partial charge is 0.207 e. The molecule has 3 rings (SSSR count). The molecule has 0 unspecified atom stereocenters. The predicted octanol–water partition coefficient (Wildman–Crippen LogP) is 3.17. The Morgan fingerprint density at radius 2 is 1.96 bits per heavy atom. The topological polar surface area (TPSA) is 90.1 Å². The Morgan fingerprint density at radius 3 is 2.62 bits per heavy atom. The summed E-state index contributed by atoms with van der Waals surface area (Å²) in [4.78, 5) is 9.45. The summed E-state index contributed by atoms with van der Waals surface area (Å²) in [5.74, 6) is -0.233. The van der Waals surface area contributed by atoms with Crippen LogP contribution >= 0.6 is 0 Å². The fourth-order valence-electron chi connectivity index (χ4n) is 2.45. The Balaban J connectivity index is 0.000000352. The molecule has 0 saturated carbocycles. The minimum Gasteiger partial charge on any atom is -0.493 e. The van der Waals surface area contributed by atoms with Crippen molar-refractivity contribution in [3.05, 3.63) is 48.4 Å². The van der Waals surface area contributed by atoms with Gasteiger partial charge in [-0.15, -0.1) is 5.10 Å². The first-order valence-electron chi connectivity index (χ1n) is 8.13. The minimum absolute atomic E-state index is 0.184. The first-order chi connectivity index (χ1) is 12.6. The highest BCUT2D eigenvalue weighted by atomic mass is 19.1. The Kier molecular flexibility index (Phi) is 6.84. The number of nitrogens with one attached hydrogen (secondary N) is 1. The lowest BCUT2D eigenvalue weighted by atomic mass is 10.0. The maximum atomic E-state index is 13.8. The number of benzene rings is 2. The number of para-hydroxylation sites is 1. The van der Waals surface area contributed by atoms with Gasteiger partial charge in [-0.25, -0.2) is 4.39 Å². The van der Waals surface area contributed by atoms with Crippen LogP contribution in [0.1, 0.15) is 13.3 Å². The molecule has 0 fully saturated rings. The molecule has 0 atom stereocenters. The number of aromatic nitrogens is 2. The summed E-state index contributed by atoms with van der Waals surface area (Å²) in [6.45, 7) is 2.81. The number of anilines is 1. The molecule has 0 spiro atoms. The number of nitrogen functional groups attached to an aromatic ring is 1. The molecule has 1 amide bonds. The van der Waals surface area contributed by atoms with Gasteiger partial charge in [-0.2, -0.15) is 5.10 Å². The second kappa shape index (κ2) is 9.31. The molecule has 0 saturated heterocycles. The van der Waals surface area contributed by atoms with Crippen molar-refractivity contribution in [2.45, 2.75) is 13.3 Å². The van der Waals surface area contributed by atoms with Crippen LogP contribution < -0.4 is 15.8 Å². The third-order valence-corrected chi connectivity index (χ3v) is 3.64. The summed E-state index contributed by atoms with van der Waals surface area (Å²) >= 11 is 0. The van der Waals surface area contributed by atoms with Crippen LogP contribution in [0.3, 0.4) is 0 Å². The first kappa shape index (κ1) is 19.1. The van der Waals surface area contributed by atoms with Crippen molar-refractivity contribution in [3.63, 3.8) is 0 Å². The third-order valence-electron chi connectivity index (χ3n) is 3.64. The van der Waals surface area contributed by atoms with Crippen LogP contribution in [0, 0.1) is 5.82 Å². The molecule has 7 heteroatoms. The number of nitrogens with two attached hydrogens (primary N) is 1. The summed E-state index contributed by atoms with van der Waals surface area (Å²) in [5, 5.41) is 11.3. The van der Waals surface area contributed by atoms with Crippen molar-refractivity contribution in [1.29, 1.82) is 0 Å². The summed E-state index contributed by atoms with van der Waals surface area (Å²) in [5.41, 5.74) is 8.41. The molecule has 0 aliphatic heterocycles. The normalized spacial score (nSPS) is 9.96.